The van der Waals surface area contributed by atoms with Crippen LogP contribution < -0.4 is 9.47 Å². The van der Waals surface area contributed by atoms with Gasteiger partial charge in [-0.05, 0) is 72.4 Å². The van der Waals surface area contributed by atoms with Crippen LogP contribution in [-0.4, -0.2) is 13.2 Å². The number of nitriles is 1. The molecule has 3 aromatic rings. The predicted molar refractivity (Wildman–Crippen MR) is 145 cm³/mol. The first kappa shape index (κ1) is 26.4. The largest absolute Gasteiger partial charge is 0.494 e. The van der Waals surface area contributed by atoms with Crippen molar-refractivity contribution in [1.82, 2.24) is 0 Å². The molecule has 35 heavy (non-hydrogen) atoms. The van der Waals surface area contributed by atoms with Crippen molar-refractivity contribution >= 4 is 0 Å². The van der Waals surface area contributed by atoms with Gasteiger partial charge in [-0.3, -0.25) is 0 Å². The van der Waals surface area contributed by atoms with Crippen molar-refractivity contribution in [3.8, 4) is 28.7 Å². The number of nitrogens with zero attached hydrogens (tertiary/aromatic N) is 1. The normalized spacial score (nSPS) is 10.6. The van der Waals surface area contributed by atoms with Gasteiger partial charge in [0, 0.05) is 0 Å². The molecule has 3 aromatic carbocycles. The van der Waals surface area contributed by atoms with Crippen LogP contribution in [0.4, 0.5) is 0 Å². The molecular formula is C32H39NO2. The summed E-state index contributed by atoms with van der Waals surface area (Å²) in [5, 5.41) is 8.92. The summed E-state index contributed by atoms with van der Waals surface area (Å²) in [5.41, 5.74) is 4.29. The van der Waals surface area contributed by atoms with Gasteiger partial charge in [0.2, 0.25) is 0 Å². The average molecular weight is 470 g/mol. The number of hydrogen-bond donors (Lipinski definition) is 0. The van der Waals surface area contributed by atoms with Crippen LogP contribution in [0.25, 0.3) is 11.1 Å². The first-order valence-electron chi connectivity index (χ1n) is 13.2. The van der Waals surface area contributed by atoms with Crippen LogP contribution in [0.2, 0.25) is 0 Å². The zero-order chi connectivity index (χ0) is 24.6. The highest BCUT2D eigenvalue weighted by atomic mass is 16.5. The van der Waals surface area contributed by atoms with Crippen molar-refractivity contribution in [2.75, 3.05) is 13.2 Å². The van der Waals surface area contributed by atoms with E-state index in [4.69, 9.17) is 14.7 Å². The third kappa shape index (κ3) is 9.87. The molecule has 0 amide bonds. The molecule has 0 spiro atoms. The molecule has 0 atom stereocenters. The molecule has 3 rings (SSSR count). The number of hydrogen-bond acceptors (Lipinski definition) is 3. The molecular weight excluding hydrogens is 430 g/mol. The minimum Gasteiger partial charge on any atom is -0.494 e. The molecule has 184 valence electrons. The monoisotopic (exact) mass is 469 g/mol. The highest BCUT2D eigenvalue weighted by Crippen LogP contribution is 2.23. The van der Waals surface area contributed by atoms with Gasteiger partial charge in [-0.2, -0.15) is 5.26 Å². The first-order valence-corrected chi connectivity index (χ1v) is 13.2. The van der Waals surface area contributed by atoms with E-state index in [2.05, 4.69) is 49.4 Å². The zero-order valence-corrected chi connectivity index (χ0v) is 21.2. The van der Waals surface area contributed by atoms with Crippen molar-refractivity contribution in [1.29, 1.82) is 5.26 Å². The Morgan fingerprint density at radius 2 is 0.943 bits per heavy atom. The van der Waals surface area contributed by atoms with Gasteiger partial charge in [0.05, 0.1) is 24.8 Å². The number of unbranched alkanes of at least 4 members (excludes halogenated alkanes) is 8. The fourth-order valence-corrected chi connectivity index (χ4v) is 4.12. The van der Waals surface area contributed by atoms with E-state index in [1.807, 2.05) is 36.4 Å². The van der Waals surface area contributed by atoms with Crippen molar-refractivity contribution in [3.63, 3.8) is 0 Å². The summed E-state index contributed by atoms with van der Waals surface area (Å²) in [4.78, 5) is 0. The molecule has 0 saturated heterocycles. The summed E-state index contributed by atoms with van der Waals surface area (Å²) < 4.78 is 11.7. The van der Waals surface area contributed by atoms with Crippen LogP contribution in [0.15, 0.2) is 72.8 Å². The van der Waals surface area contributed by atoms with E-state index in [-0.39, 0.29) is 0 Å². The lowest BCUT2D eigenvalue weighted by atomic mass is 10.0. The van der Waals surface area contributed by atoms with Gasteiger partial charge in [0.25, 0.3) is 0 Å². The van der Waals surface area contributed by atoms with E-state index in [1.54, 1.807) is 0 Å². The lowest BCUT2D eigenvalue weighted by Gasteiger charge is -2.08. The Labute approximate surface area is 211 Å². The Kier molecular flexibility index (Phi) is 11.8. The second kappa shape index (κ2) is 15.6. The SMILES string of the molecule is CCc1ccc(OCCCCCCCCCCCOc2ccc(-c3ccc(C#N)cc3)cc2)cc1. The van der Waals surface area contributed by atoms with E-state index in [0.717, 1.165) is 55.1 Å². The Morgan fingerprint density at radius 3 is 1.37 bits per heavy atom. The number of benzene rings is 3. The van der Waals surface area contributed by atoms with Crippen LogP contribution in [0.1, 0.15) is 75.8 Å². The van der Waals surface area contributed by atoms with Crippen LogP contribution in [-0.2, 0) is 6.42 Å². The number of rotatable bonds is 16. The van der Waals surface area contributed by atoms with Gasteiger partial charge < -0.3 is 9.47 Å². The highest BCUT2D eigenvalue weighted by molar-refractivity contribution is 5.64. The maximum atomic E-state index is 8.92. The van der Waals surface area contributed by atoms with Gasteiger partial charge in [-0.15, -0.1) is 0 Å². The topological polar surface area (TPSA) is 42.2 Å². The minimum atomic E-state index is 0.684. The van der Waals surface area contributed by atoms with E-state index in [9.17, 15) is 0 Å². The molecule has 0 N–H and O–H groups in total. The predicted octanol–water partition coefficient (Wildman–Crippen LogP) is 8.76. The molecule has 3 heteroatoms. The summed E-state index contributed by atoms with van der Waals surface area (Å²) in [6.07, 6.45) is 12.4. The Balaban J connectivity index is 1.14. The smallest absolute Gasteiger partial charge is 0.119 e. The van der Waals surface area contributed by atoms with E-state index >= 15 is 0 Å². The molecule has 0 fully saturated rings. The molecule has 0 saturated carbocycles. The Morgan fingerprint density at radius 1 is 0.543 bits per heavy atom. The molecule has 0 unspecified atom stereocenters. The van der Waals surface area contributed by atoms with Crippen molar-refractivity contribution in [2.24, 2.45) is 0 Å². The van der Waals surface area contributed by atoms with Crippen molar-refractivity contribution in [2.45, 2.75) is 71.1 Å². The van der Waals surface area contributed by atoms with Crippen molar-refractivity contribution < 1.29 is 9.47 Å². The third-order valence-electron chi connectivity index (χ3n) is 6.36. The molecule has 3 nitrogen and oxygen atoms in total. The molecule has 0 aliphatic carbocycles. The Bertz CT molecular complexity index is 1000. The van der Waals surface area contributed by atoms with Gasteiger partial charge in [0.15, 0.2) is 0 Å². The van der Waals surface area contributed by atoms with Crippen molar-refractivity contribution in [3.05, 3.63) is 83.9 Å². The summed E-state index contributed by atoms with van der Waals surface area (Å²) in [6.45, 7) is 3.77. The minimum absolute atomic E-state index is 0.684. The summed E-state index contributed by atoms with van der Waals surface area (Å²) in [6, 6.07) is 26.5. The molecule has 0 bridgehead atoms. The van der Waals surface area contributed by atoms with Crippen LogP contribution in [0.5, 0.6) is 11.5 Å². The summed E-state index contributed by atoms with van der Waals surface area (Å²) in [7, 11) is 0. The molecule has 0 aliphatic rings. The fraction of sp³-hybridized carbons (Fsp3) is 0.406. The lowest BCUT2D eigenvalue weighted by molar-refractivity contribution is 0.302. The number of aryl methyl sites for hydroxylation is 1. The van der Waals surface area contributed by atoms with Crippen LogP contribution in [0, 0.1) is 11.3 Å². The Hall–Kier alpha value is -3.25. The van der Waals surface area contributed by atoms with Crippen LogP contribution in [0.3, 0.4) is 0 Å². The third-order valence-corrected chi connectivity index (χ3v) is 6.36. The van der Waals surface area contributed by atoms with Gasteiger partial charge in [-0.1, -0.05) is 88.3 Å². The van der Waals surface area contributed by atoms with Gasteiger partial charge in [-0.25, -0.2) is 0 Å². The second-order valence-electron chi connectivity index (χ2n) is 9.09. The summed E-state index contributed by atoms with van der Waals surface area (Å²) >= 11 is 0. The van der Waals surface area contributed by atoms with E-state index < -0.39 is 0 Å². The fourth-order valence-electron chi connectivity index (χ4n) is 4.12. The van der Waals surface area contributed by atoms with Gasteiger partial charge >= 0.3 is 0 Å². The van der Waals surface area contributed by atoms with Gasteiger partial charge in [0.1, 0.15) is 11.5 Å². The average Bonchev–Trinajstić information content (AvgIpc) is 2.92. The first-order chi connectivity index (χ1) is 17.3. The standard InChI is InChI=1S/C32H39NO2/c1-2-27-14-20-31(21-15-27)34-24-10-8-6-4-3-5-7-9-11-25-35-32-22-18-30(19-23-32)29-16-12-28(26-33)13-17-29/h12-23H,2-11,24-25H2,1H3. The maximum absolute atomic E-state index is 8.92. The second-order valence-corrected chi connectivity index (χ2v) is 9.09. The lowest BCUT2D eigenvalue weighted by Crippen LogP contribution is -1.97. The molecule has 0 heterocycles. The molecule has 0 aliphatic heterocycles. The summed E-state index contributed by atoms with van der Waals surface area (Å²) in [5.74, 6) is 1.91. The quantitative estimate of drug-likeness (QED) is 0.197. The molecule has 0 radical (unpaired) electrons. The highest BCUT2D eigenvalue weighted by Gasteiger charge is 2.00. The maximum Gasteiger partial charge on any atom is 0.119 e. The van der Waals surface area contributed by atoms with E-state index in [0.29, 0.717) is 5.56 Å². The van der Waals surface area contributed by atoms with Crippen LogP contribution >= 0.6 is 0 Å². The van der Waals surface area contributed by atoms with E-state index in [1.165, 1.54) is 50.5 Å². The molecule has 0 aromatic heterocycles. The number of ether oxygens (including phenoxy) is 2. The zero-order valence-electron chi connectivity index (χ0n) is 21.2.